The van der Waals surface area contributed by atoms with Gasteiger partial charge in [0, 0.05) is 12.3 Å². The number of carbonyl (C=O) groups is 1. The van der Waals surface area contributed by atoms with E-state index in [1.807, 2.05) is 13.0 Å². The summed E-state index contributed by atoms with van der Waals surface area (Å²) in [5.74, 6) is 1.85. The number of aromatic nitrogens is 1. The molecule has 6 nitrogen and oxygen atoms in total. The molecule has 1 amide bonds. The molecular formula is C18H22N2O4. The molecule has 1 aliphatic carbocycles. The van der Waals surface area contributed by atoms with Crippen LogP contribution in [0.1, 0.15) is 46.3 Å². The zero-order valence-corrected chi connectivity index (χ0v) is 14.1. The van der Waals surface area contributed by atoms with Gasteiger partial charge >= 0.3 is 0 Å². The maximum Gasteiger partial charge on any atom is 0.255 e. The molecule has 1 aliphatic rings. The maximum absolute atomic E-state index is 12.6. The quantitative estimate of drug-likeness (QED) is 0.880. The zero-order valence-electron chi connectivity index (χ0n) is 14.1. The fraction of sp³-hybridized carbons (Fsp3) is 0.444. The first-order chi connectivity index (χ1) is 11.5. The third kappa shape index (κ3) is 3.28. The molecule has 1 unspecified atom stereocenters. The summed E-state index contributed by atoms with van der Waals surface area (Å²) in [5, 5.41) is 12.7. The Labute approximate surface area is 140 Å². The summed E-state index contributed by atoms with van der Waals surface area (Å²) in [6.45, 7) is 3.59. The van der Waals surface area contributed by atoms with Crippen LogP contribution in [-0.2, 0) is 0 Å². The van der Waals surface area contributed by atoms with Crippen LogP contribution in [0.5, 0.6) is 5.88 Å². The van der Waals surface area contributed by atoms with Gasteiger partial charge in [-0.1, -0.05) is 6.07 Å². The minimum atomic E-state index is -0.293. The molecule has 2 heterocycles. The Bertz CT molecular complexity index is 717. The van der Waals surface area contributed by atoms with Gasteiger partial charge in [-0.15, -0.1) is 0 Å². The van der Waals surface area contributed by atoms with Crippen LogP contribution in [0.15, 0.2) is 28.8 Å². The summed E-state index contributed by atoms with van der Waals surface area (Å²) >= 11 is 0. The molecule has 0 spiro atoms. The van der Waals surface area contributed by atoms with Crippen molar-refractivity contribution in [2.24, 2.45) is 5.92 Å². The average Bonchev–Trinajstić information content (AvgIpc) is 2.88. The number of hydrogen-bond donors (Lipinski definition) is 2. The zero-order chi connectivity index (χ0) is 17.3. The van der Waals surface area contributed by atoms with Gasteiger partial charge in [-0.05, 0) is 44.2 Å². The van der Waals surface area contributed by atoms with Gasteiger partial charge in [0.05, 0.1) is 24.8 Å². The van der Waals surface area contributed by atoms with Gasteiger partial charge in [0.15, 0.2) is 0 Å². The number of aliphatic hydroxyl groups excluding tert-OH is 1. The molecular weight excluding hydrogens is 308 g/mol. The molecule has 0 bridgehead atoms. The summed E-state index contributed by atoms with van der Waals surface area (Å²) < 4.78 is 10.5. The van der Waals surface area contributed by atoms with Crippen LogP contribution < -0.4 is 10.1 Å². The van der Waals surface area contributed by atoms with E-state index in [0.717, 1.165) is 5.56 Å². The Hall–Kier alpha value is -2.34. The molecule has 3 rings (SSSR count). The van der Waals surface area contributed by atoms with Crippen molar-refractivity contribution in [3.63, 3.8) is 0 Å². The number of nitrogens with zero attached hydrogens (tertiary/aromatic N) is 1. The smallest absolute Gasteiger partial charge is 0.255 e. The standard InChI is InChI=1S/C18H22N2O4/c1-10-6-15(11(2)24-10)18(22)20-17(13-7-14(21)8-13)12-4-5-16(23-3)19-9-12/h4-6,9,13-14,17,21H,7-8H2,1-3H3,(H,20,22). The van der Waals surface area contributed by atoms with Crippen molar-refractivity contribution < 1.29 is 19.1 Å². The summed E-state index contributed by atoms with van der Waals surface area (Å²) in [7, 11) is 1.56. The lowest BCUT2D eigenvalue weighted by Crippen LogP contribution is -2.41. The van der Waals surface area contributed by atoms with Gasteiger partial charge < -0.3 is 19.6 Å². The normalized spacial score (nSPS) is 21.0. The number of pyridine rings is 1. The van der Waals surface area contributed by atoms with Gasteiger partial charge in [0.25, 0.3) is 5.91 Å². The second-order valence-electron chi connectivity index (χ2n) is 6.30. The SMILES string of the molecule is COc1ccc(C(NC(=O)c2cc(C)oc2C)C2CC(O)C2)cn1. The topological polar surface area (TPSA) is 84.6 Å². The Balaban J connectivity index is 1.82. The van der Waals surface area contributed by atoms with Crippen LogP contribution in [-0.4, -0.2) is 29.2 Å². The predicted octanol–water partition coefficient (Wildman–Crippen LogP) is 2.54. The third-order valence-electron chi connectivity index (χ3n) is 4.52. The maximum atomic E-state index is 12.6. The monoisotopic (exact) mass is 330 g/mol. The van der Waals surface area contributed by atoms with Crippen molar-refractivity contribution in [1.29, 1.82) is 0 Å². The highest BCUT2D eigenvalue weighted by atomic mass is 16.5. The number of aryl methyl sites for hydroxylation is 2. The second-order valence-corrected chi connectivity index (χ2v) is 6.30. The second kappa shape index (κ2) is 6.65. The largest absolute Gasteiger partial charge is 0.481 e. The molecule has 1 fully saturated rings. The van der Waals surface area contributed by atoms with Gasteiger partial charge in [0.1, 0.15) is 11.5 Å². The highest BCUT2D eigenvalue weighted by molar-refractivity contribution is 5.95. The number of amides is 1. The number of hydrogen-bond acceptors (Lipinski definition) is 5. The number of methoxy groups -OCH3 is 1. The first-order valence-electron chi connectivity index (χ1n) is 8.04. The molecule has 6 heteroatoms. The summed E-state index contributed by atoms with van der Waals surface area (Å²) in [4.78, 5) is 16.9. The molecule has 2 N–H and O–H groups in total. The molecule has 0 aliphatic heterocycles. The molecule has 1 saturated carbocycles. The highest BCUT2D eigenvalue weighted by Gasteiger charge is 2.36. The molecule has 0 saturated heterocycles. The van der Waals surface area contributed by atoms with E-state index in [-0.39, 0.29) is 24.0 Å². The average molecular weight is 330 g/mol. The molecule has 0 radical (unpaired) electrons. The van der Waals surface area contributed by atoms with Crippen LogP contribution in [0.2, 0.25) is 0 Å². The van der Waals surface area contributed by atoms with Crippen LogP contribution in [0, 0.1) is 19.8 Å². The van der Waals surface area contributed by atoms with Crippen LogP contribution in [0.3, 0.4) is 0 Å². The van der Waals surface area contributed by atoms with Crippen LogP contribution >= 0.6 is 0 Å². The molecule has 24 heavy (non-hydrogen) atoms. The first-order valence-corrected chi connectivity index (χ1v) is 8.04. The fourth-order valence-electron chi connectivity index (χ4n) is 3.15. The van der Waals surface area contributed by atoms with E-state index < -0.39 is 0 Å². The number of carbonyl (C=O) groups excluding carboxylic acids is 1. The number of ether oxygens (including phenoxy) is 1. The van der Waals surface area contributed by atoms with Crippen molar-refractivity contribution >= 4 is 5.91 Å². The lowest BCUT2D eigenvalue weighted by molar-refractivity contribution is 0.0234. The Morgan fingerprint density at radius 3 is 2.67 bits per heavy atom. The van der Waals surface area contributed by atoms with E-state index in [9.17, 15) is 9.90 Å². The molecule has 1 atom stereocenters. The highest BCUT2D eigenvalue weighted by Crippen LogP contribution is 2.38. The number of furan rings is 1. The minimum Gasteiger partial charge on any atom is -0.481 e. The van der Waals surface area contributed by atoms with Gasteiger partial charge in [-0.25, -0.2) is 4.98 Å². The minimum absolute atomic E-state index is 0.174. The van der Waals surface area contributed by atoms with Crippen LogP contribution in [0.25, 0.3) is 0 Å². The van der Waals surface area contributed by atoms with Crippen molar-refractivity contribution in [2.75, 3.05) is 7.11 Å². The van der Waals surface area contributed by atoms with E-state index >= 15 is 0 Å². The van der Waals surface area contributed by atoms with Gasteiger partial charge in [-0.2, -0.15) is 0 Å². The Morgan fingerprint density at radius 1 is 1.42 bits per heavy atom. The van der Waals surface area contributed by atoms with Crippen molar-refractivity contribution in [1.82, 2.24) is 10.3 Å². The lowest BCUT2D eigenvalue weighted by Gasteiger charge is -2.38. The number of aliphatic hydroxyl groups is 1. The van der Waals surface area contributed by atoms with Crippen LogP contribution in [0.4, 0.5) is 0 Å². The first kappa shape index (κ1) is 16.5. The summed E-state index contributed by atoms with van der Waals surface area (Å²) in [5.41, 5.74) is 1.44. The summed E-state index contributed by atoms with van der Waals surface area (Å²) in [6.07, 6.45) is 2.75. The van der Waals surface area contributed by atoms with E-state index in [1.165, 1.54) is 0 Å². The van der Waals surface area contributed by atoms with Crippen molar-refractivity contribution in [2.45, 2.75) is 38.8 Å². The molecule has 2 aromatic heterocycles. The molecule has 2 aromatic rings. The Kier molecular flexibility index (Phi) is 4.57. The third-order valence-corrected chi connectivity index (χ3v) is 4.52. The number of nitrogens with one attached hydrogen (secondary N) is 1. The fourth-order valence-corrected chi connectivity index (χ4v) is 3.15. The van der Waals surface area contributed by atoms with Gasteiger partial charge in [0.2, 0.25) is 5.88 Å². The van der Waals surface area contributed by atoms with Crippen molar-refractivity contribution in [3.05, 3.63) is 47.0 Å². The van der Waals surface area contributed by atoms with Crippen molar-refractivity contribution in [3.8, 4) is 5.88 Å². The number of rotatable bonds is 5. The van der Waals surface area contributed by atoms with E-state index in [1.54, 1.807) is 32.4 Å². The summed E-state index contributed by atoms with van der Waals surface area (Å²) in [6, 6.07) is 5.21. The Morgan fingerprint density at radius 2 is 2.17 bits per heavy atom. The van der Waals surface area contributed by atoms with E-state index in [2.05, 4.69) is 10.3 Å². The lowest BCUT2D eigenvalue weighted by atomic mass is 9.75. The van der Waals surface area contributed by atoms with Gasteiger partial charge in [-0.3, -0.25) is 4.79 Å². The molecule has 0 aromatic carbocycles. The van der Waals surface area contributed by atoms with E-state index in [4.69, 9.17) is 9.15 Å². The predicted molar refractivity (Wildman–Crippen MR) is 87.9 cm³/mol. The molecule has 128 valence electrons. The van der Waals surface area contributed by atoms with E-state index in [0.29, 0.717) is 35.8 Å².